The Balaban J connectivity index is 0.954. The van der Waals surface area contributed by atoms with Crippen molar-refractivity contribution >= 4 is 43.7 Å². The van der Waals surface area contributed by atoms with Gasteiger partial charge in [0.2, 0.25) is 0 Å². The van der Waals surface area contributed by atoms with Gasteiger partial charge in [-0.2, -0.15) is 0 Å². The third-order valence-corrected chi connectivity index (χ3v) is 11.8. The lowest BCUT2D eigenvalue weighted by molar-refractivity contribution is 0.670. The summed E-state index contributed by atoms with van der Waals surface area (Å²) in [6.07, 6.45) is 0. The Morgan fingerprint density at radius 1 is 0.306 bits per heavy atom. The maximum Gasteiger partial charge on any atom is 0.164 e. The van der Waals surface area contributed by atoms with Crippen LogP contribution < -0.4 is 0 Å². The summed E-state index contributed by atoms with van der Waals surface area (Å²) >= 11 is 0. The summed E-state index contributed by atoms with van der Waals surface area (Å²) in [7, 11) is 0. The van der Waals surface area contributed by atoms with Crippen molar-refractivity contribution in [1.29, 1.82) is 0 Å². The molecule has 12 rings (SSSR count). The molecule has 0 aliphatic rings. The van der Waals surface area contributed by atoms with Gasteiger partial charge in [0.1, 0.15) is 11.2 Å². The van der Waals surface area contributed by atoms with E-state index in [9.17, 15) is 0 Å². The molecule has 9 aromatic carbocycles. The molecule has 12 aromatic rings. The lowest BCUT2D eigenvalue weighted by atomic mass is 9.97. The molecule has 5 heteroatoms. The topological polar surface area (TPSA) is 56.7 Å². The lowest BCUT2D eigenvalue weighted by Gasteiger charge is -2.11. The molecule has 62 heavy (non-hydrogen) atoms. The molecule has 5 nitrogen and oxygen atoms in total. The van der Waals surface area contributed by atoms with Gasteiger partial charge in [-0.1, -0.05) is 170 Å². The summed E-state index contributed by atoms with van der Waals surface area (Å²) in [5.41, 5.74) is 14.5. The van der Waals surface area contributed by atoms with Crippen LogP contribution in [0.3, 0.4) is 0 Å². The van der Waals surface area contributed by atoms with Crippen LogP contribution in [0.2, 0.25) is 0 Å². The fourth-order valence-electron chi connectivity index (χ4n) is 8.86. The van der Waals surface area contributed by atoms with Crippen molar-refractivity contribution in [1.82, 2.24) is 19.5 Å². The van der Waals surface area contributed by atoms with E-state index in [4.69, 9.17) is 19.4 Å². The summed E-state index contributed by atoms with van der Waals surface area (Å²) in [6.45, 7) is 0. The van der Waals surface area contributed by atoms with Gasteiger partial charge in [0, 0.05) is 49.5 Å². The van der Waals surface area contributed by atoms with E-state index in [2.05, 4.69) is 162 Å². The third kappa shape index (κ3) is 6.14. The number of hydrogen-bond donors (Lipinski definition) is 0. The van der Waals surface area contributed by atoms with Gasteiger partial charge in [-0.25, -0.2) is 15.0 Å². The zero-order valence-electron chi connectivity index (χ0n) is 33.5. The molecule has 0 unspecified atom stereocenters. The number of furan rings is 1. The molecule has 3 aromatic heterocycles. The maximum atomic E-state index is 6.88. The summed E-state index contributed by atoms with van der Waals surface area (Å²) in [6, 6.07) is 76.3. The Hall–Kier alpha value is -8.41. The van der Waals surface area contributed by atoms with E-state index in [1.54, 1.807) is 0 Å². The van der Waals surface area contributed by atoms with E-state index in [1.165, 1.54) is 21.8 Å². The van der Waals surface area contributed by atoms with Crippen LogP contribution in [0.1, 0.15) is 0 Å². The fourth-order valence-corrected chi connectivity index (χ4v) is 8.86. The largest absolute Gasteiger partial charge is 0.455 e. The second-order valence-corrected chi connectivity index (χ2v) is 15.6. The Morgan fingerprint density at radius 2 is 0.758 bits per heavy atom. The molecular weight excluding hydrogens is 757 g/mol. The summed E-state index contributed by atoms with van der Waals surface area (Å²) in [5, 5.41) is 4.63. The van der Waals surface area contributed by atoms with Gasteiger partial charge in [0.15, 0.2) is 17.5 Å². The third-order valence-electron chi connectivity index (χ3n) is 11.8. The fraction of sp³-hybridized carbons (Fsp3) is 0. The molecule has 0 radical (unpaired) electrons. The van der Waals surface area contributed by atoms with Gasteiger partial charge in [-0.15, -0.1) is 0 Å². The number of para-hydroxylation sites is 2. The van der Waals surface area contributed by atoms with Crippen molar-refractivity contribution in [3.63, 3.8) is 0 Å². The highest BCUT2D eigenvalue weighted by Gasteiger charge is 2.19. The highest BCUT2D eigenvalue weighted by atomic mass is 16.3. The Bertz CT molecular complexity index is 3520. The minimum absolute atomic E-state index is 0.627. The minimum Gasteiger partial charge on any atom is -0.455 e. The smallest absolute Gasteiger partial charge is 0.164 e. The van der Waals surface area contributed by atoms with Crippen LogP contribution in [0.15, 0.2) is 223 Å². The number of rotatable bonds is 7. The minimum atomic E-state index is 0.627. The van der Waals surface area contributed by atoms with E-state index < -0.39 is 0 Å². The molecule has 0 spiro atoms. The van der Waals surface area contributed by atoms with Crippen LogP contribution in [0.4, 0.5) is 0 Å². The molecule has 0 saturated carbocycles. The summed E-state index contributed by atoms with van der Waals surface area (Å²) in [4.78, 5) is 14.9. The van der Waals surface area contributed by atoms with Gasteiger partial charge < -0.3 is 8.98 Å². The van der Waals surface area contributed by atoms with E-state index in [-0.39, 0.29) is 0 Å². The van der Waals surface area contributed by atoms with Gasteiger partial charge in [0.05, 0.1) is 11.0 Å². The predicted molar refractivity (Wildman–Crippen MR) is 254 cm³/mol. The highest BCUT2D eigenvalue weighted by Crippen LogP contribution is 2.42. The molecular formula is C57H36N4O. The molecule has 0 fully saturated rings. The van der Waals surface area contributed by atoms with Crippen molar-refractivity contribution in [3.8, 4) is 73.2 Å². The normalized spacial score (nSPS) is 11.5. The average Bonchev–Trinajstić information content (AvgIpc) is 3.90. The second kappa shape index (κ2) is 14.7. The van der Waals surface area contributed by atoms with Crippen LogP contribution in [0.5, 0.6) is 0 Å². The molecule has 3 heterocycles. The lowest BCUT2D eigenvalue weighted by Crippen LogP contribution is -2.00. The molecule has 290 valence electrons. The number of hydrogen-bond acceptors (Lipinski definition) is 4. The Labute approximate surface area is 357 Å². The van der Waals surface area contributed by atoms with Crippen LogP contribution in [0.25, 0.3) is 117 Å². The van der Waals surface area contributed by atoms with Crippen LogP contribution >= 0.6 is 0 Å². The average molecular weight is 793 g/mol. The first kappa shape index (κ1) is 35.5. The molecule has 0 N–H and O–H groups in total. The maximum absolute atomic E-state index is 6.88. The monoisotopic (exact) mass is 792 g/mol. The predicted octanol–water partition coefficient (Wildman–Crippen LogP) is 14.9. The quantitative estimate of drug-likeness (QED) is 0.161. The van der Waals surface area contributed by atoms with Crippen molar-refractivity contribution in [2.24, 2.45) is 0 Å². The van der Waals surface area contributed by atoms with Crippen molar-refractivity contribution < 1.29 is 4.42 Å². The van der Waals surface area contributed by atoms with Crippen molar-refractivity contribution in [2.45, 2.75) is 0 Å². The first-order valence-corrected chi connectivity index (χ1v) is 20.8. The zero-order valence-corrected chi connectivity index (χ0v) is 33.5. The molecule has 0 aliphatic heterocycles. The summed E-state index contributed by atoms with van der Waals surface area (Å²) in [5.74, 6) is 1.91. The van der Waals surface area contributed by atoms with Gasteiger partial charge in [-0.3, -0.25) is 0 Å². The Morgan fingerprint density at radius 3 is 1.34 bits per heavy atom. The first-order valence-electron chi connectivity index (χ1n) is 20.8. The van der Waals surface area contributed by atoms with Crippen LogP contribution in [-0.4, -0.2) is 19.5 Å². The van der Waals surface area contributed by atoms with Crippen LogP contribution in [0, 0.1) is 0 Å². The highest BCUT2D eigenvalue weighted by molar-refractivity contribution is 6.13. The number of fused-ring (bicyclic) bond motifs is 6. The molecule has 0 atom stereocenters. The van der Waals surface area contributed by atoms with Crippen molar-refractivity contribution in [3.05, 3.63) is 218 Å². The molecule has 0 bridgehead atoms. The standard InChI is InChI=1S/C57H36N4O/c1-4-16-37(17-5-1)49-35-45(61-51-28-12-10-26-46(51)47-27-11-13-29-52(47)61)36-50-48-31-30-43(34-53(48)62-54(49)50)41-23-14-22-40(32-41)42-24-15-25-44(33-42)57-59-55(38-18-6-2-7-19-38)58-56(60-57)39-20-8-3-9-21-39/h1-36H. The van der Waals surface area contributed by atoms with Gasteiger partial charge >= 0.3 is 0 Å². The van der Waals surface area contributed by atoms with E-state index >= 15 is 0 Å². The van der Waals surface area contributed by atoms with E-state index in [0.717, 1.165) is 77.7 Å². The van der Waals surface area contributed by atoms with Crippen LogP contribution in [-0.2, 0) is 0 Å². The first-order chi connectivity index (χ1) is 30.7. The number of benzene rings is 9. The number of aromatic nitrogens is 4. The zero-order chi connectivity index (χ0) is 41.0. The SMILES string of the molecule is c1ccc(-c2nc(-c3ccccc3)nc(-c3cccc(-c4cccc(-c5ccc6c(c5)oc5c(-c7ccccc7)cc(-n7c8ccccc8c8ccccc87)cc56)c4)c3)n2)cc1. The van der Waals surface area contributed by atoms with E-state index in [1.807, 2.05) is 60.7 Å². The number of nitrogens with zero attached hydrogens (tertiary/aromatic N) is 4. The second-order valence-electron chi connectivity index (χ2n) is 15.6. The van der Waals surface area contributed by atoms with Crippen molar-refractivity contribution in [2.75, 3.05) is 0 Å². The molecule has 0 amide bonds. The van der Waals surface area contributed by atoms with Gasteiger partial charge in [0.25, 0.3) is 0 Å². The van der Waals surface area contributed by atoms with Gasteiger partial charge in [-0.05, 0) is 76.3 Å². The molecule has 0 aliphatic carbocycles. The summed E-state index contributed by atoms with van der Waals surface area (Å²) < 4.78 is 9.27. The Kier molecular flexibility index (Phi) is 8.42. The molecule has 0 saturated heterocycles. The van der Waals surface area contributed by atoms with E-state index in [0.29, 0.717) is 17.5 Å².